The molecular weight excluding hydrogens is 378 g/mol. The SMILES string of the molecule is COc1ccc(C2CCCCC2NC(=O)C(O)c2ccc(Cl)cc2)cc1OC. The Morgan fingerprint density at radius 2 is 1.75 bits per heavy atom. The van der Waals surface area contributed by atoms with E-state index in [9.17, 15) is 9.90 Å². The second kappa shape index (κ2) is 9.30. The summed E-state index contributed by atoms with van der Waals surface area (Å²) in [7, 11) is 3.23. The van der Waals surface area contributed by atoms with E-state index in [2.05, 4.69) is 5.32 Å². The van der Waals surface area contributed by atoms with E-state index in [0.717, 1.165) is 31.2 Å². The lowest BCUT2D eigenvalue weighted by Gasteiger charge is -2.33. The minimum Gasteiger partial charge on any atom is -0.493 e. The summed E-state index contributed by atoms with van der Waals surface area (Å²) >= 11 is 5.88. The molecule has 0 saturated heterocycles. The van der Waals surface area contributed by atoms with E-state index < -0.39 is 6.10 Å². The van der Waals surface area contributed by atoms with Crippen molar-refractivity contribution in [2.45, 2.75) is 43.7 Å². The van der Waals surface area contributed by atoms with Gasteiger partial charge in [-0.2, -0.15) is 0 Å². The normalized spacial score (nSPS) is 20.3. The van der Waals surface area contributed by atoms with Crippen LogP contribution in [0, 0.1) is 0 Å². The van der Waals surface area contributed by atoms with Gasteiger partial charge in [0.05, 0.1) is 14.2 Å². The molecule has 1 aliphatic rings. The molecule has 1 fully saturated rings. The zero-order chi connectivity index (χ0) is 20.1. The van der Waals surface area contributed by atoms with Crippen molar-refractivity contribution in [2.75, 3.05) is 14.2 Å². The summed E-state index contributed by atoms with van der Waals surface area (Å²) in [5.74, 6) is 1.13. The molecule has 1 aliphatic carbocycles. The third-order valence-corrected chi connectivity index (χ3v) is 5.62. The molecule has 5 nitrogen and oxygen atoms in total. The molecule has 3 unspecified atom stereocenters. The van der Waals surface area contributed by atoms with Crippen LogP contribution in [0.5, 0.6) is 11.5 Å². The van der Waals surface area contributed by atoms with Crippen LogP contribution in [0.2, 0.25) is 5.02 Å². The number of carbonyl (C=O) groups is 1. The van der Waals surface area contributed by atoms with Gasteiger partial charge in [-0.05, 0) is 48.2 Å². The molecule has 2 aromatic carbocycles. The minimum atomic E-state index is -1.22. The van der Waals surface area contributed by atoms with Crippen molar-refractivity contribution in [1.29, 1.82) is 0 Å². The predicted molar refractivity (Wildman–Crippen MR) is 109 cm³/mol. The summed E-state index contributed by atoms with van der Waals surface area (Å²) < 4.78 is 10.7. The van der Waals surface area contributed by atoms with Crippen molar-refractivity contribution < 1.29 is 19.4 Å². The first-order valence-corrected chi connectivity index (χ1v) is 9.87. The molecule has 0 aliphatic heterocycles. The van der Waals surface area contributed by atoms with E-state index in [1.54, 1.807) is 38.5 Å². The molecule has 3 rings (SSSR count). The monoisotopic (exact) mass is 403 g/mol. The lowest BCUT2D eigenvalue weighted by Crippen LogP contribution is -2.43. The minimum absolute atomic E-state index is 0.0405. The Labute approximate surface area is 170 Å². The Balaban J connectivity index is 1.76. The van der Waals surface area contributed by atoms with E-state index in [-0.39, 0.29) is 17.9 Å². The van der Waals surface area contributed by atoms with Crippen molar-refractivity contribution in [1.82, 2.24) is 5.32 Å². The number of benzene rings is 2. The maximum atomic E-state index is 12.7. The highest BCUT2D eigenvalue weighted by Gasteiger charge is 2.30. The van der Waals surface area contributed by atoms with Crippen LogP contribution in [-0.4, -0.2) is 31.3 Å². The molecule has 2 N–H and O–H groups in total. The summed E-state index contributed by atoms with van der Waals surface area (Å²) in [6.07, 6.45) is 2.78. The molecule has 0 radical (unpaired) electrons. The molecule has 0 bridgehead atoms. The number of aliphatic hydroxyl groups is 1. The predicted octanol–water partition coefficient (Wildman–Crippen LogP) is 4.23. The molecule has 28 heavy (non-hydrogen) atoms. The van der Waals surface area contributed by atoms with Crippen LogP contribution in [0.3, 0.4) is 0 Å². The van der Waals surface area contributed by atoms with Crippen molar-refractivity contribution in [3.05, 3.63) is 58.6 Å². The fraction of sp³-hybridized carbons (Fsp3) is 0.409. The van der Waals surface area contributed by atoms with Crippen LogP contribution in [0.25, 0.3) is 0 Å². The average molecular weight is 404 g/mol. The third-order valence-electron chi connectivity index (χ3n) is 5.36. The Morgan fingerprint density at radius 1 is 1.07 bits per heavy atom. The topological polar surface area (TPSA) is 67.8 Å². The smallest absolute Gasteiger partial charge is 0.253 e. The highest BCUT2D eigenvalue weighted by Crippen LogP contribution is 2.37. The van der Waals surface area contributed by atoms with E-state index in [1.165, 1.54) is 0 Å². The van der Waals surface area contributed by atoms with Gasteiger partial charge in [-0.15, -0.1) is 0 Å². The largest absolute Gasteiger partial charge is 0.493 e. The fourth-order valence-electron chi connectivity index (χ4n) is 3.84. The standard InChI is InChI=1S/C22H26ClNO4/c1-27-19-12-9-15(13-20(19)28-2)17-5-3-4-6-18(17)24-22(26)21(25)14-7-10-16(23)11-8-14/h7-13,17-18,21,25H,3-6H2,1-2H3,(H,24,26). The number of aliphatic hydroxyl groups excluding tert-OH is 1. The first kappa shape index (κ1) is 20.5. The molecule has 2 aromatic rings. The van der Waals surface area contributed by atoms with Crippen molar-refractivity contribution in [3.8, 4) is 11.5 Å². The zero-order valence-corrected chi connectivity index (χ0v) is 16.9. The van der Waals surface area contributed by atoms with Crippen molar-refractivity contribution in [2.24, 2.45) is 0 Å². The lowest BCUT2D eigenvalue weighted by molar-refractivity contribution is -0.130. The second-order valence-corrected chi connectivity index (χ2v) is 7.51. The Morgan fingerprint density at radius 3 is 2.43 bits per heavy atom. The van der Waals surface area contributed by atoms with Gasteiger partial charge in [0.25, 0.3) is 5.91 Å². The Bertz CT molecular complexity index is 809. The van der Waals surface area contributed by atoms with E-state index >= 15 is 0 Å². The van der Waals surface area contributed by atoms with Crippen LogP contribution < -0.4 is 14.8 Å². The zero-order valence-electron chi connectivity index (χ0n) is 16.2. The van der Waals surface area contributed by atoms with Gasteiger partial charge in [0.1, 0.15) is 0 Å². The number of halogens is 1. The Kier molecular flexibility index (Phi) is 6.81. The molecule has 3 atom stereocenters. The van der Waals surface area contributed by atoms with Crippen LogP contribution in [0.15, 0.2) is 42.5 Å². The number of amides is 1. The maximum absolute atomic E-state index is 12.7. The van der Waals surface area contributed by atoms with Crippen molar-refractivity contribution in [3.63, 3.8) is 0 Å². The molecular formula is C22H26ClNO4. The summed E-state index contributed by atoms with van der Waals surface area (Å²) in [5, 5.41) is 14.0. The van der Waals surface area contributed by atoms with Gasteiger partial charge >= 0.3 is 0 Å². The first-order valence-electron chi connectivity index (χ1n) is 9.49. The average Bonchev–Trinajstić information content (AvgIpc) is 2.73. The number of hydrogen-bond acceptors (Lipinski definition) is 4. The van der Waals surface area contributed by atoms with E-state index in [4.69, 9.17) is 21.1 Å². The first-order chi connectivity index (χ1) is 13.5. The number of carbonyl (C=O) groups excluding carboxylic acids is 1. The van der Waals surface area contributed by atoms with Crippen molar-refractivity contribution >= 4 is 17.5 Å². The van der Waals surface area contributed by atoms with E-state index in [0.29, 0.717) is 22.1 Å². The summed E-state index contributed by atoms with van der Waals surface area (Å²) in [5.41, 5.74) is 1.63. The number of nitrogens with one attached hydrogen (secondary N) is 1. The molecule has 0 aromatic heterocycles. The van der Waals surface area contributed by atoms with Gasteiger partial charge in [0.2, 0.25) is 0 Å². The molecule has 1 saturated carbocycles. The second-order valence-electron chi connectivity index (χ2n) is 7.07. The highest BCUT2D eigenvalue weighted by molar-refractivity contribution is 6.30. The molecule has 0 heterocycles. The van der Waals surface area contributed by atoms with Gasteiger partial charge in [-0.25, -0.2) is 0 Å². The van der Waals surface area contributed by atoms with Gasteiger partial charge in [-0.1, -0.05) is 42.6 Å². The van der Waals surface area contributed by atoms with Crippen LogP contribution in [0.4, 0.5) is 0 Å². The molecule has 150 valence electrons. The summed E-state index contributed by atoms with van der Waals surface area (Å²) in [6.45, 7) is 0. The Hall–Kier alpha value is -2.24. The molecule has 0 spiro atoms. The van der Waals surface area contributed by atoms with Gasteiger partial charge in [0, 0.05) is 17.0 Å². The van der Waals surface area contributed by atoms with Gasteiger partial charge in [-0.3, -0.25) is 4.79 Å². The highest BCUT2D eigenvalue weighted by atomic mass is 35.5. The number of rotatable bonds is 6. The number of hydrogen-bond donors (Lipinski definition) is 2. The van der Waals surface area contributed by atoms with Gasteiger partial charge < -0.3 is 19.9 Å². The quantitative estimate of drug-likeness (QED) is 0.757. The molecule has 1 amide bonds. The van der Waals surface area contributed by atoms with E-state index in [1.807, 2.05) is 18.2 Å². The number of ether oxygens (including phenoxy) is 2. The third kappa shape index (κ3) is 4.59. The van der Waals surface area contributed by atoms with Crippen LogP contribution in [0.1, 0.15) is 48.8 Å². The van der Waals surface area contributed by atoms with Gasteiger partial charge in [0.15, 0.2) is 17.6 Å². The lowest BCUT2D eigenvalue weighted by atomic mass is 9.79. The summed E-state index contributed by atoms with van der Waals surface area (Å²) in [4.78, 5) is 12.7. The van der Waals surface area contributed by atoms with Crippen LogP contribution in [-0.2, 0) is 4.79 Å². The van der Waals surface area contributed by atoms with Crippen LogP contribution >= 0.6 is 11.6 Å². The molecule has 6 heteroatoms. The maximum Gasteiger partial charge on any atom is 0.253 e. The summed E-state index contributed by atoms with van der Waals surface area (Å²) in [6, 6.07) is 12.5. The number of methoxy groups -OCH3 is 2. The fourth-order valence-corrected chi connectivity index (χ4v) is 3.97.